The molecular formula is C9H18N2O4S2. The van der Waals surface area contributed by atoms with Gasteiger partial charge < -0.3 is 10.5 Å². The van der Waals surface area contributed by atoms with Gasteiger partial charge in [0.05, 0.1) is 12.1 Å². The maximum atomic E-state index is 11.9. The maximum absolute atomic E-state index is 11.9. The Morgan fingerprint density at radius 2 is 1.94 bits per heavy atom. The highest BCUT2D eigenvalue weighted by atomic mass is 32.2. The topological polar surface area (TPSA) is 89.7 Å². The summed E-state index contributed by atoms with van der Waals surface area (Å²) in [5, 5.41) is -1.24. The molecule has 0 aliphatic carbocycles. The Balaban J connectivity index is 4.83. The van der Waals surface area contributed by atoms with Crippen molar-refractivity contribution in [1.29, 1.82) is 0 Å². The zero-order valence-electron chi connectivity index (χ0n) is 10.3. The summed E-state index contributed by atoms with van der Waals surface area (Å²) in [6.07, 6.45) is 0. The first-order valence-electron chi connectivity index (χ1n) is 4.96. The summed E-state index contributed by atoms with van der Waals surface area (Å²) in [5.74, 6) is -1.05. The van der Waals surface area contributed by atoms with Crippen molar-refractivity contribution in [2.45, 2.75) is 19.1 Å². The molecule has 17 heavy (non-hydrogen) atoms. The first kappa shape index (κ1) is 16.3. The lowest BCUT2D eigenvalue weighted by Crippen LogP contribution is -2.42. The number of rotatable bonds is 6. The lowest BCUT2D eigenvalue weighted by molar-refractivity contribution is -0.139. The third-order valence-corrected chi connectivity index (χ3v) is 4.94. The minimum atomic E-state index is -3.74. The number of hydrogen-bond acceptors (Lipinski definition) is 5. The molecule has 2 unspecified atom stereocenters. The van der Waals surface area contributed by atoms with Gasteiger partial charge in [-0.1, -0.05) is 19.1 Å². The van der Waals surface area contributed by atoms with Crippen LogP contribution < -0.4 is 5.73 Å². The van der Waals surface area contributed by atoms with Crippen LogP contribution in [-0.2, 0) is 19.6 Å². The van der Waals surface area contributed by atoms with E-state index in [1.54, 1.807) is 6.92 Å². The molecule has 0 aliphatic heterocycles. The van der Waals surface area contributed by atoms with Gasteiger partial charge in [-0.25, -0.2) is 12.7 Å². The van der Waals surface area contributed by atoms with Crippen molar-refractivity contribution in [3.63, 3.8) is 0 Å². The smallest absolute Gasteiger partial charge is 0.325 e. The van der Waals surface area contributed by atoms with Gasteiger partial charge in [-0.05, 0) is 6.92 Å². The first-order chi connectivity index (χ1) is 7.64. The first-order valence-corrected chi connectivity index (χ1v) is 6.88. The predicted octanol–water partition coefficient (Wildman–Crippen LogP) is -0.268. The van der Waals surface area contributed by atoms with Crippen molar-refractivity contribution < 1.29 is 17.9 Å². The van der Waals surface area contributed by atoms with E-state index in [1.165, 1.54) is 14.0 Å². The Morgan fingerprint density at radius 1 is 1.47 bits per heavy atom. The van der Waals surface area contributed by atoms with Crippen molar-refractivity contribution in [3.05, 3.63) is 0 Å². The van der Waals surface area contributed by atoms with Crippen molar-refractivity contribution in [3.8, 4) is 0 Å². The zero-order chi connectivity index (χ0) is 13.8. The molecule has 0 saturated heterocycles. The molecule has 2 atom stereocenters. The van der Waals surface area contributed by atoms with Crippen LogP contribution in [0.1, 0.15) is 13.8 Å². The Kier molecular flexibility index (Phi) is 6.00. The van der Waals surface area contributed by atoms with Gasteiger partial charge in [0, 0.05) is 19.5 Å². The summed E-state index contributed by atoms with van der Waals surface area (Å²) < 4.78 is 29.3. The Hall–Kier alpha value is -0.730. The fraction of sp³-hybridized carbons (Fsp3) is 0.778. The Labute approximate surface area is 107 Å². The van der Waals surface area contributed by atoms with E-state index in [0.29, 0.717) is 0 Å². The van der Waals surface area contributed by atoms with E-state index in [1.807, 2.05) is 0 Å². The van der Waals surface area contributed by atoms with Crippen molar-refractivity contribution in [1.82, 2.24) is 4.31 Å². The quantitative estimate of drug-likeness (QED) is 0.533. The zero-order valence-corrected chi connectivity index (χ0v) is 12.0. The number of sulfonamides is 1. The Bertz CT molecular complexity index is 394. The van der Waals surface area contributed by atoms with E-state index in [4.69, 9.17) is 18.0 Å². The van der Waals surface area contributed by atoms with E-state index in [-0.39, 0.29) is 17.5 Å². The van der Waals surface area contributed by atoms with Crippen LogP contribution in [0.3, 0.4) is 0 Å². The number of carbonyl (C=O) groups excluding carboxylic acids is 1. The highest BCUT2D eigenvalue weighted by molar-refractivity contribution is 7.90. The number of hydrogen-bond donors (Lipinski definition) is 1. The van der Waals surface area contributed by atoms with E-state index in [9.17, 15) is 13.2 Å². The highest BCUT2D eigenvalue weighted by Gasteiger charge is 2.33. The molecule has 0 aromatic carbocycles. The molecular weight excluding hydrogens is 264 g/mol. The van der Waals surface area contributed by atoms with Crippen LogP contribution in [0.2, 0.25) is 0 Å². The summed E-state index contributed by atoms with van der Waals surface area (Å²) in [4.78, 5) is 11.4. The van der Waals surface area contributed by atoms with Crippen LogP contribution in [-0.4, -0.2) is 49.6 Å². The van der Waals surface area contributed by atoms with E-state index < -0.39 is 21.2 Å². The minimum Gasteiger partial charge on any atom is -0.468 e. The van der Waals surface area contributed by atoms with Gasteiger partial charge in [0.2, 0.25) is 10.0 Å². The van der Waals surface area contributed by atoms with Crippen LogP contribution >= 0.6 is 12.2 Å². The SMILES string of the molecule is COC(=O)C(C)S(=O)(=O)N(C)CC(C)C(N)=S. The van der Waals surface area contributed by atoms with Crippen molar-refractivity contribution >= 4 is 33.2 Å². The average molecular weight is 282 g/mol. The van der Waals surface area contributed by atoms with Crippen molar-refractivity contribution in [2.24, 2.45) is 11.7 Å². The molecule has 0 heterocycles. The monoisotopic (exact) mass is 282 g/mol. The van der Waals surface area contributed by atoms with Gasteiger partial charge in [-0.15, -0.1) is 0 Å². The molecule has 100 valence electrons. The molecule has 0 bridgehead atoms. The van der Waals surface area contributed by atoms with Crippen molar-refractivity contribution in [2.75, 3.05) is 20.7 Å². The lowest BCUT2D eigenvalue weighted by atomic mass is 10.2. The second-order valence-corrected chi connectivity index (χ2v) is 6.63. The molecule has 0 spiro atoms. The fourth-order valence-electron chi connectivity index (χ4n) is 1.14. The highest BCUT2D eigenvalue weighted by Crippen LogP contribution is 2.11. The van der Waals surface area contributed by atoms with E-state index >= 15 is 0 Å². The van der Waals surface area contributed by atoms with Crippen LogP contribution in [0, 0.1) is 5.92 Å². The molecule has 0 amide bonds. The maximum Gasteiger partial charge on any atom is 0.325 e. The number of esters is 1. The second kappa shape index (κ2) is 6.27. The number of nitrogens with two attached hydrogens (primary N) is 1. The predicted molar refractivity (Wildman–Crippen MR) is 69.0 cm³/mol. The summed E-state index contributed by atoms with van der Waals surface area (Å²) in [7, 11) is -1.21. The third kappa shape index (κ3) is 4.21. The number of carbonyl (C=O) groups is 1. The van der Waals surface area contributed by atoms with Gasteiger partial charge in [0.15, 0.2) is 5.25 Å². The summed E-state index contributed by atoms with van der Waals surface area (Å²) in [6, 6.07) is 0. The van der Waals surface area contributed by atoms with Gasteiger partial charge >= 0.3 is 5.97 Å². The molecule has 0 aromatic heterocycles. The van der Waals surface area contributed by atoms with Gasteiger partial charge in [0.25, 0.3) is 0 Å². The number of ether oxygens (including phenoxy) is 1. The Morgan fingerprint density at radius 3 is 2.29 bits per heavy atom. The summed E-state index contributed by atoms with van der Waals surface area (Å²) >= 11 is 4.76. The van der Waals surface area contributed by atoms with Gasteiger partial charge in [-0.3, -0.25) is 4.79 Å². The van der Waals surface area contributed by atoms with Gasteiger partial charge in [-0.2, -0.15) is 0 Å². The third-order valence-electron chi connectivity index (χ3n) is 2.43. The molecule has 2 N–H and O–H groups in total. The molecule has 0 radical (unpaired) electrons. The average Bonchev–Trinajstić information content (AvgIpc) is 2.26. The molecule has 8 heteroatoms. The molecule has 0 aliphatic rings. The fourth-order valence-corrected chi connectivity index (χ4v) is 2.52. The van der Waals surface area contributed by atoms with Gasteiger partial charge in [0.1, 0.15) is 0 Å². The number of nitrogens with zero attached hydrogens (tertiary/aromatic N) is 1. The van der Waals surface area contributed by atoms with E-state index in [2.05, 4.69) is 4.74 Å². The summed E-state index contributed by atoms with van der Waals surface area (Å²) in [6.45, 7) is 3.14. The van der Waals surface area contributed by atoms with Crippen LogP contribution in [0.5, 0.6) is 0 Å². The molecule has 0 fully saturated rings. The second-order valence-electron chi connectivity index (χ2n) is 3.79. The molecule has 0 aromatic rings. The van der Waals surface area contributed by atoms with Crippen LogP contribution in [0.4, 0.5) is 0 Å². The number of thiocarbonyl (C=S) groups is 1. The molecule has 0 saturated carbocycles. The standard InChI is InChI=1S/C9H18N2O4S2/c1-6(8(10)16)5-11(3)17(13,14)7(2)9(12)15-4/h6-7H,5H2,1-4H3,(H2,10,16). The van der Waals surface area contributed by atoms with Crippen LogP contribution in [0.25, 0.3) is 0 Å². The largest absolute Gasteiger partial charge is 0.468 e. The van der Waals surface area contributed by atoms with Crippen LogP contribution in [0.15, 0.2) is 0 Å². The van der Waals surface area contributed by atoms with E-state index in [0.717, 1.165) is 11.4 Å². The molecule has 0 rings (SSSR count). The molecule has 6 nitrogen and oxygen atoms in total. The summed E-state index contributed by atoms with van der Waals surface area (Å²) in [5.41, 5.74) is 5.41. The normalized spacial score (nSPS) is 15.4. The minimum absolute atomic E-state index is 0.138. The lowest BCUT2D eigenvalue weighted by Gasteiger charge is -2.23. The number of methoxy groups -OCH3 is 1.